The summed E-state index contributed by atoms with van der Waals surface area (Å²) >= 11 is 0. The molecule has 0 spiro atoms. The molecule has 12 nitrogen and oxygen atoms in total. The second kappa shape index (κ2) is 12.3. The zero-order chi connectivity index (χ0) is 28.6. The molecule has 0 unspecified atom stereocenters. The zero-order valence-corrected chi connectivity index (χ0v) is 21.4. The van der Waals surface area contributed by atoms with Crippen molar-refractivity contribution in [1.82, 2.24) is 5.43 Å². The molecule has 0 saturated carbocycles. The molecule has 0 bridgehead atoms. The molecule has 204 valence electrons. The van der Waals surface area contributed by atoms with Gasteiger partial charge in [-0.1, -0.05) is 6.08 Å². The summed E-state index contributed by atoms with van der Waals surface area (Å²) in [5.41, 5.74) is 4.71. The van der Waals surface area contributed by atoms with Crippen LogP contribution in [0.15, 0.2) is 82.8 Å². The first kappa shape index (κ1) is 27.5. The van der Waals surface area contributed by atoms with Gasteiger partial charge in [-0.25, -0.2) is 5.43 Å². The molecule has 0 radical (unpaired) electrons. The summed E-state index contributed by atoms with van der Waals surface area (Å²) in [4.78, 5) is 33.4. The smallest absolute Gasteiger partial charge is 0.307 e. The normalized spacial score (nSPS) is 10.9. The van der Waals surface area contributed by atoms with Gasteiger partial charge in [-0.05, 0) is 60.9 Å². The molecule has 0 atom stereocenters. The lowest BCUT2D eigenvalue weighted by atomic mass is 10.1. The molecular formula is C28H24N4O8. The maximum Gasteiger partial charge on any atom is 0.307 e. The first-order valence-corrected chi connectivity index (χ1v) is 12.1. The second-order valence-corrected chi connectivity index (χ2v) is 8.43. The van der Waals surface area contributed by atoms with Gasteiger partial charge in [0.25, 0.3) is 11.4 Å². The summed E-state index contributed by atoms with van der Waals surface area (Å²) in [5.74, 6) is 0.271. The van der Waals surface area contributed by atoms with Crippen LogP contribution in [-0.4, -0.2) is 28.6 Å². The molecule has 1 amide bonds. The van der Waals surface area contributed by atoms with Gasteiger partial charge in [0.2, 0.25) is 0 Å². The largest absolute Gasteiger partial charge is 0.490 e. The highest BCUT2D eigenvalue weighted by atomic mass is 16.6. The Kier molecular flexibility index (Phi) is 8.49. The van der Waals surface area contributed by atoms with Crippen molar-refractivity contribution in [1.29, 1.82) is 0 Å². The van der Waals surface area contributed by atoms with E-state index in [0.717, 1.165) is 11.1 Å². The van der Waals surface area contributed by atoms with Gasteiger partial charge in [0.1, 0.15) is 12.2 Å². The molecular weight excluding hydrogens is 520 g/mol. The Hall–Kier alpha value is -5.52. The number of hydrogen-bond acceptors (Lipinski definition) is 9. The van der Waals surface area contributed by atoms with Crippen LogP contribution in [-0.2, 0) is 13.0 Å². The van der Waals surface area contributed by atoms with Crippen molar-refractivity contribution in [3.05, 3.63) is 116 Å². The number of fused-ring (bicyclic) bond motifs is 1. The molecule has 0 aliphatic rings. The molecule has 1 N–H and O–H groups in total. The number of nitro benzene ring substituents is 2. The minimum absolute atomic E-state index is 0.00821. The predicted molar refractivity (Wildman–Crippen MR) is 147 cm³/mol. The summed E-state index contributed by atoms with van der Waals surface area (Å²) in [6.45, 7) is 6.15. The first-order valence-electron chi connectivity index (χ1n) is 12.1. The van der Waals surface area contributed by atoms with Gasteiger partial charge in [-0.3, -0.25) is 25.0 Å². The average molecular weight is 545 g/mol. The zero-order valence-electron chi connectivity index (χ0n) is 21.4. The maximum atomic E-state index is 12.5. The molecule has 12 heteroatoms. The lowest BCUT2D eigenvalue weighted by Gasteiger charge is -2.16. The Morgan fingerprint density at radius 1 is 1.02 bits per heavy atom. The van der Waals surface area contributed by atoms with Crippen molar-refractivity contribution >= 4 is 34.5 Å². The number of benzene rings is 3. The van der Waals surface area contributed by atoms with E-state index in [4.69, 9.17) is 13.9 Å². The minimum Gasteiger partial charge on any atom is -0.490 e. The van der Waals surface area contributed by atoms with Gasteiger partial charge >= 0.3 is 5.91 Å². The molecule has 1 aromatic heterocycles. The van der Waals surface area contributed by atoms with Gasteiger partial charge in [-0.2, -0.15) is 5.10 Å². The van der Waals surface area contributed by atoms with Crippen molar-refractivity contribution < 1.29 is 28.5 Å². The number of carbonyl (C=O) groups excluding carboxylic acids is 1. The first-order chi connectivity index (χ1) is 19.3. The van der Waals surface area contributed by atoms with E-state index in [9.17, 15) is 25.0 Å². The van der Waals surface area contributed by atoms with Crippen molar-refractivity contribution in [2.75, 3.05) is 6.61 Å². The average Bonchev–Trinajstić information content (AvgIpc) is 3.37. The highest BCUT2D eigenvalue weighted by Crippen LogP contribution is 2.34. The number of ether oxygens (including phenoxy) is 2. The standard InChI is InChI=1S/C28H24N4O8/c1-3-5-20-12-19(13-25(38-4-2)27(20)39-17-18-6-8-22(9-7-18)31(34)35)16-29-30-28(33)26-15-21-14-23(32(36)37)10-11-24(21)40-26/h3,6-16H,1,4-5,17H2,2H3,(H,30,33)/b29-16+. The number of nitrogens with one attached hydrogen (secondary N) is 1. The van der Waals surface area contributed by atoms with E-state index in [1.54, 1.807) is 24.3 Å². The maximum absolute atomic E-state index is 12.5. The monoisotopic (exact) mass is 544 g/mol. The number of non-ortho nitro benzene ring substituents is 2. The summed E-state index contributed by atoms with van der Waals surface area (Å²) in [5, 5.41) is 26.3. The molecule has 4 aromatic rings. The van der Waals surface area contributed by atoms with E-state index in [-0.39, 0.29) is 23.7 Å². The molecule has 0 aliphatic carbocycles. The topological polar surface area (TPSA) is 159 Å². The third kappa shape index (κ3) is 6.48. The van der Waals surface area contributed by atoms with Crippen LogP contribution in [0.3, 0.4) is 0 Å². The molecule has 3 aromatic carbocycles. The van der Waals surface area contributed by atoms with Gasteiger partial charge in [0.15, 0.2) is 17.3 Å². The Bertz CT molecular complexity index is 1610. The van der Waals surface area contributed by atoms with Crippen molar-refractivity contribution in [3.63, 3.8) is 0 Å². The van der Waals surface area contributed by atoms with Crippen LogP contribution in [0.5, 0.6) is 11.5 Å². The van der Waals surface area contributed by atoms with E-state index >= 15 is 0 Å². The number of nitrogens with zero attached hydrogens (tertiary/aromatic N) is 3. The molecule has 1 heterocycles. The van der Waals surface area contributed by atoms with Crippen LogP contribution < -0.4 is 14.9 Å². The lowest BCUT2D eigenvalue weighted by Crippen LogP contribution is -2.16. The van der Waals surface area contributed by atoms with Crippen molar-refractivity contribution in [2.45, 2.75) is 20.0 Å². The summed E-state index contributed by atoms with van der Waals surface area (Å²) < 4.78 is 17.3. The highest BCUT2D eigenvalue weighted by molar-refractivity contribution is 5.97. The van der Waals surface area contributed by atoms with E-state index < -0.39 is 15.8 Å². The minimum atomic E-state index is -0.630. The van der Waals surface area contributed by atoms with Crippen LogP contribution in [0.2, 0.25) is 0 Å². The number of carbonyl (C=O) groups is 1. The molecule has 0 saturated heterocycles. The van der Waals surface area contributed by atoms with E-state index in [1.165, 1.54) is 42.6 Å². The number of hydrazone groups is 1. The van der Waals surface area contributed by atoms with Gasteiger partial charge in [-0.15, -0.1) is 6.58 Å². The fraction of sp³-hybridized carbons (Fsp3) is 0.143. The third-order valence-corrected chi connectivity index (χ3v) is 5.66. The second-order valence-electron chi connectivity index (χ2n) is 8.43. The number of amides is 1. The Balaban J connectivity index is 1.51. The quantitative estimate of drug-likeness (QED) is 0.103. The van der Waals surface area contributed by atoms with Gasteiger partial charge in [0, 0.05) is 35.2 Å². The molecule has 40 heavy (non-hydrogen) atoms. The predicted octanol–water partition coefficient (Wildman–Crippen LogP) is 5.72. The van der Waals surface area contributed by atoms with E-state index in [0.29, 0.717) is 41.1 Å². The van der Waals surface area contributed by atoms with E-state index in [1.807, 2.05) is 13.0 Å². The Morgan fingerprint density at radius 2 is 1.75 bits per heavy atom. The summed E-state index contributed by atoms with van der Waals surface area (Å²) in [7, 11) is 0. The number of rotatable bonds is 12. The molecule has 0 aliphatic heterocycles. The van der Waals surface area contributed by atoms with Crippen LogP contribution in [0, 0.1) is 20.2 Å². The highest BCUT2D eigenvalue weighted by Gasteiger charge is 2.16. The fourth-order valence-electron chi connectivity index (χ4n) is 3.84. The fourth-order valence-corrected chi connectivity index (χ4v) is 3.84. The Morgan fingerprint density at radius 3 is 2.42 bits per heavy atom. The summed E-state index contributed by atoms with van der Waals surface area (Å²) in [6, 6.07) is 15.0. The van der Waals surface area contributed by atoms with E-state index in [2.05, 4.69) is 17.1 Å². The van der Waals surface area contributed by atoms with Crippen molar-refractivity contribution in [2.24, 2.45) is 5.10 Å². The number of hydrogen-bond donors (Lipinski definition) is 1. The summed E-state index contributed by atoms with van der Waals surface area (Å²) in [6.07, 6.45) is 3.59. The van der Waals surface area contributed by atoms with Crippen LogP contribution in [0.4, 0.5) is 11.4 Å². The molecule has 0 fully saturated rings. The van der Waals surface area contributed by atoms with Gasteiger partial charge < -0.3 is 13.9 Å². The number of furan rings is 1. The van der Waals surface area contributed by atoms with Gasteiger partial charge in [0.05, 0.1) is 22.7 Å². The third-order valence-electron chi connectivity index (χ3n) is 5.66. The number of allylic oxidation sites excluding steroid dienone is 1. The Labute approximate surface area is 227 Å². The lowest BCUT2D eigenvalue weighted by molar-refractivity contribution is -0.385. The molecule has 4 rings (SSSR count). The SMILES string of the molecule is C=CCc1cc(/C=N/NC(=O)c2cc3cc([N+](=O)[O-])ccc3o2)cc(OCC)c1OCc1ccc([N+](=O)[O-])cc1. The van der Waals surface area contributed by atoms with Crippen LogP contribution in [0.1, 0.15) is 34.2 Å². The van der Waals surface area contributed by atoms with Crippen molar-refractivity contribution in [3.8, 4) is 11.5 Å². The van der Waals surface area contributed by atoms with Crippen LogP contribution >= 0.6 is 0 Å². The number of nitro groups is 2. The van der Waals surface area contributed by atoms with Crippen LogP contribution in [0.25, 0.3) is 11.0 Å².